The molecule has 0 aromatic rings. The van der Waals surface area contributed by atoms with Gasteiger partial charge in [-0.3, -0.25) is 9.59 Å². The van der Waals surface area contributed by atoms with Crippen molar-refractivity contribution >= 4 is 11.8 Å². The molecule has 76 valence electrons. The number of nitriles is 1. The molecule has 0 bridgehead atoms. The van der Waals surface area contributed by atoms with E-state index in [1.165, 1.54) is 9.80 Å². The lowest BCUT2D eigenvalue weighted by Crippen LogP contribution is -2.56. The molecule has 0 aromatic carbocycles. The maximum absolute atomic E-state index is 11.5. The highest BCUT2D eigenvalue weighted by molar-refractivity contribution is 6.35. The Morgan fingerprint density at radius 2 is 2.07 bits per heavy atom. The summed E-state index contributed by atoms with van der Waals surface area (Å²) in [5.41, 5.74) is 0. The van der Waals surface area contributed by atoms with E-state index >= 15 is 0 Å². The van der Waals surface area contributed by atoms with E-state index in [0.29, 0.717) is 19.6 Å². The first kappa shape index (κ1) is 10.5. The summed E-state index contributed by atoms with van der Waals surface area (Å²) in [6.07, 6.45) is 0. The molecule has 1 aliphatic heterocycles. The first-order valence-electron chi connectivity index (χ1n) is 4.61. The highest BCUT2D eigenvalue weighted by atomic mass is 16.2. The molecule has 0 spiro atoms. The summed E-state index contributed by atoms with van der Waals surface area (Å²) in [6.45, 7) is 4.96. The fourth-order valence-electron chi connectivity index (χ4n) is 1.43. The van der Waals surface area contributed by atoms with E-state index in [9.17, 15) is 9.59 Å². The van der Waals surface area contributed by atoms with Gasteiger partial charge in [0.2, 0.25) is 0 Å². The van der Waals surface area contributed by atoms with Crippen LogP contribution in [0.1, 0.15) is 13.8 Å². The van der Waals surface area contributed by atoms with Gasteiger partial charge in [0, 0.05) is 19.6 Å². The van der Waals surface area contributed by atoms with Crippen molar-refractivity contribution < 1.29 is 9.59 Å². The highest BCUT2D eigenvalue weighted by Crippen LogP contribution is 2.08. The molecule has 0 saturated carbocycles. The average Bonchev–Trinajstić information content (AvgIpc) is 2.21. The van der Waals surface area contributed by atoms with Crippen LogP contribution in [-0.4, -0.2) is 47.3 Å². The number of rotatable bonds is 2. The van der Waals surface area contributed by atoms with Gasteiger partial charge in [-0.2, -0.15) is 5.26 Å². The molecular formula is C9H13N3O2. The molecule has 0 N–H and O–H groups in total. The van der Waals surface area contributed by atoms with E-state index in [4.69, 9.17) is 5.26 Å². The third kappa shape index (κ3) is 1.69. The predicted molar refractivity (Wildman–Crippen MR) is 49.0 cm³/mol. The summed E-state index contributed by atoms with van der Waals surface area (Å²) in [7, 11) is 0. The summed E-state index contributed by atoms with van der Waals surface area (Å²) >= 11 is 0. The number of carbonyl (C=O) groups excluding carboxylic acids is 2. The molecular weight excluding hydrogens is 182 g/mol. The van der Waals surface area contributed by atoms with Gasteiger partial charge in [-0.25, -0.2) is 0 Å². The molecule has 5 heteroatoms. The molecule has 1 aliphatic rings. The van der Waals surface area contributed by atoms with Gasteiger partial charge < -0.3 is 9.80 Å². The van der Waals surface area contributed by atoms with E-state index in [2.05, 4.69) is 0 Å². The first-order valence-corrected chi connectivity index (χ1v) is 4.61. The standard InChI is InChI=1S/C9H13N3O2/c1-3-11-4-5-12(7(2)6-10)9(14)8(11)13/h7H,3-5H2,1-2H3. The molecule has 14 heavy (non-hydrogen) atoms. The molecule has 1 rings (SSSR count). The Kier molecular flexibility index (Phi) is 3.07. The molecule has 1 heterocycles. The Morgan fingerprint density at radius 3 is 2.57 bits per heavy atom. The van der Waals surface area contributed by atoms with E-state index in [-0.39, 0.29) is 0 Å². The third-order valence-electron chi connectivity index (χ3n) is 2.38. The Balaban J connectivity index is 2.75. The summed E-state index contributed by atoms with van der Waals surface area (Å²) in [5, 5.41) is 8.65. The number of nitrogens with zero attached hydrogens (tertiary/aromatic N) is 3. The van der Waals surface area contributed by atoms with E-state index < -0.39 is 17.9 Å². The Hall–Kier alpha value is -1.57. The quantitative estimate of drug-likeness (QED) is 0.562. The van der Waals surface area contributed by atoms with E-state index in [1.807, 2.05) is 13.0 Å². The number of piperazine rings is 1. The lowest BCUT2D eigenvalue weighted by Gasteiger charge is -2.34. The van der Waals surface area contributed by atoms with E-state index in [1.54, 1.807) is 6.92 Å². The van der Waals surface area contributed by atoms with Gasteiger partial charge in [-0.05, 0) is 13.8 Å². The van der Waals surface area contributed by atoms with Crippen molar-refractivity contribution in [2.24, 2.45) is 0 Å². The topological polar surface area (TPSA) is 64.4 Å². The molecule has 0 radical (unpaired) electrons. The second kappa shape index (κ2) is 4.09. The second-order valence-corrected chi connectivity index (χ2v) is 3.19. The van der Waals surface area contributed by atoms with Crippen LogP contribution in [0.4, 0.5) is 0 Å². The Morgan fingerprint density at radius 1 is 1.43 bits per heavy atom. The monoisotopic (exact) mass is 195 g/mol. The van der Waals surface area contributed by atoms with Crippen molar-refractivity contribution in [2.75, 3.05) is 19.6 Å². The molecule has 1 saturated heterocycles. The molecule has 5 nitrogen and oxygen atoms in total. The van der Waals surface area contributed by atoms with Gasteiger partial charge in [-0.15, -0.1) is 0 Å². The van der Waals surface area contributed by atoms with Crippen LogP contribution >= 0.6 is 0 Å². The summed E-state index contributed by atoms with van der Waals surface area (Å²) in [6, 6.07) is 1.43. The van der Waals surface area contributed by atoms with Gasteiger partial charge >= 0.3 is 11.8 Å². The predicted octanol–water partition coefficient (Wildman–Crippen LogP) is -0.411. The maximum atomic E-state index is 11.5. The minimum atomic E-state index is -0.563. The lowest BCUT2D eigenvalue weighted by molar-refractivity contribution is -0.156. The van der Waals surface area contributed by atoms with Crippen LogP contribution in [0.5, 0.6) is 0 Å². The second-order valence-electron chi connectivity index (χ2n) is 3.19. The van der Waals surface area contributed by atoms with Crippen molar-refractivity contribution in [3.05, 3.63) is 0 Å². The maximum Gasteiger partial charge on any atom is 0.313 e. The van der Waals surface area contributed by atoms with Gasteiger partial charge in [-0.1, -0.05) is 0 Å². The molecule has 0 aromatic heterocycles. The van der Waals surface area contributed by atoms with Crippen LogP contribution in [0.2, 0.25) is 0 Å². The summed E-state index contributed by atoms with van der Waals surface area (Å²) in [4.78, 5) is 25.7. The van der Waals surface area contributed by atoms with Crippen molar-refractivity contribution in [3.63, 3.8) is 0 Å². The molecule has 1 unspecified atom stereocenters. The fraction of sp³-hybridized carbons (Fsp3) is 0.667. The molecule has 0 aliphatic carbocycles. The van der Waals surface area contributed by atoms with Crippen LogP contribution < -0.4 is 0 Å². The minimum Gasteiger partial charge on any atom is -0.333 e. The minimum absolute atomic E-state index is 0.452. The summed E-state index contributed by atoms with van der Waals surface area (Å²) < 4.78 is 0. The first-order chi connectivity index (χ1) is 6.61. The zero-order chi connectivity index (χ0) is 10.7. The normalized spacial score (nSPS) is 19.5. The zero-order valence-corrected chi connectivity index (χ0v) is 8.36. The van der Waals surface area contributed by atoms with Crippen LogP contribution in [0, 0.1) is 11.3 Å². The number of hydrogen-bond acceptors (Lipinski definition) is 3. The largest absolute Gasteiger partial charge is 0.333 e. The van der Waals surface area contributed by atoms with Crippen molar-refractivity contribution in [3.8, 4) is 6.07 Å². The smallest absolute Gasteiger partial charge is 0.313 e. The third-order valence-corrected chi connectivity index (χ3v) is 2.38. The van der Waals surface area contributed by atoms with E-state index in [0.717, 1.165) is 0 Å². The SMILES string of the molecule is CCN1CCN(C(C)C#N)C(=O)C1=O. The fourth-order valence-corrected chi connectivity index (χ4v) is 1.43. The van der Waals surface area contributed by atoms with Gasteiger partial charge in [0.15, 0.2) is 0 Å². The number of carbonyl (C=O) groups is 2. The summed E-state index contributed by atoms with van der Waals surface area (Å²) in [5.74, 6) is -1.06. The van der Waals surface area contributed by atoms with Crippen LogP contribution in [-0.2, 0) is 9.59 Å². The van der Waals surface area contributed by atoms with Gasteiger partial charge in [0.25, 0.3) is 0 Å². The van der Waals surface area contributed by atoms with Crippen molar-refractivity contribution in [1.82, 2.24) is 9.80 Å². The van der Waals surface area contributed by atoms with Gasteiger partial charge in [0.1, 0.15) is 6.04 Å². The molecule has 1 fully saturated rings. The zero-order valence-electron chi connectivity index (χ0n) is 8.36. The van der Waals surface area contributed by atoms with Crippen molar-refractivity contribution in [2.45, 2.75) is 19.9 Å². The number of amides is 2. The average molecular weight is 195 g/mol. The highest BCUT2D eigenvalue weighted by Gasteiger charge is 2.33. The van der Waals surface area contributed by atoms with Crippen LogP contribution in [0.15, 0.2) is 0 Å². The van der Waals surface area contributed by atoms with Gasteiger partial charge in [0.05, 0.1) is 6.07 Å². The number of likely N-dealkylation sites (N-methyl/N-ethyl adjacent to an activating group) is 1. The van der Waals surface area contributed by atoms with Crippen molar-refractivity contribution in [1.29, 1.82) is 5.26 Å². The molecule has 1 atom stereocenters. The number of hydrogen-bond donors (Lipinski definition) is 0. The Labute approximate surface area is 82.9 Å². The Bertz CT molecular complexity index is 295. The molecule has 2 amide bonds. The lowest BCUT2D eigenvalue weighted by atomic mass is 10.2. The van der Waals surface area contributed by atoms with Crippen LogP contribution in [0.25, 0.3) is 0 Å². The van der Waals surface area contributed by atoms with Crippen LogP contribution in [0.3, 0.4) is 0 Å².